The van der Waals surface area contributed by atoms with Crippen LogP contribution in [0, 0.1) is 0 Å². The van der Waals surface area contributed by atoms with Crippen molar-refractivity contribution in [1.29, 1.82) is 0 Å². The fourth-order valence-corrected chi connectivity index (χ4v) is 3.24. The van der Waals surface area contributed by atoms with E-state index in [1.807, 2.05) is 0 Å². The second-order valence-corrected chi connectivity index (χ2v) is 7.04. The molecule has 10 heteroatoms. The van der Waals surface area contributed by atoms with Crippen molar-refractivity contribution in [2.75, 3.05) is 25.7 Å². The van der Waals surface area contributed by atoms with Crippen molar-refractivity contribution in [3.63, 3.8) is 0 Å². The van der Waals surface area contributed by atoms with E-state index >= 15 is 0 Å². The van der Waals surface area contributed by atoms with E-state index in [9.17, 15) is 19.5 Å². The largest absolute Gasteiger partial charge is 0.464 e. The maximum Gasteiger partial charge on any atom is 0.336 e. The lowest BCUT2D eigenvalue weighted by Gasteiger charge is -2.41. The minimum absolute atomic E-state index is 0.0478. The van der Waals surface area contributed by atoms with Gasteiger partial charge in [-0.25, -0.2) is 9.59 Å². The summed E-state index contributed by atoms with van der Waals surface area (Å²) in [7, 11) is 0. The number of aliphatic imine (C=N–C) groups is 1. The van der Waals surface area contributed by atoms with Crippen molar-refractivity contribution >= 4 is 46.2 Å². The fraction of sp³-hybridized carbons (Fsp3) is 0.733. The van der Waals surface area contributed by atoms with E-state index in [1.54, 1.807) is 26.4 Å². The van der Waals surface area contributed by atoms with E-state index in [2.05, 4.69) is 10.3 Å². The van der Waals surface area contributed by atoms with Crippen LogP contribution >= 0.6 is 23.5 Å². The highest BCUT2D eigenvalue weighted by molar-refractivity contribution is 8.38. The molecule has 0 bridgehead atoms. The van der Waals surface area contributed by atoms with Gasteiger partial charge in [0.25, 0.3) is 0 Å². The van der Waals surface area contributed by atoms with Gasteiger partial charge in [-0.05, 0) is 40.2 Å². The maximum absolute atomic E-state index is 12.6. The van der Waals surface area contributed by atoms with E-state index in [0.717, 1.165) is 0 Å². The van der Waals surface area contributed by atoms with Crippen molar-refractivity contribution in [1.82, 2.24) is 5.32 Å². The molecule has 0 aromatic carbocycles. The molecule has 3 atom stereocenters. The van der Waals surface area contributed by atoms with Crippen LogP contribution in [0.4, 0.5) is 0 Å². The number of carbonyl (C=O) groups excluding carboxylic acids is 3. The first-order valence-corrected chi connectivity index (χ1v) is 10.0. The van der Waals surface area contributed by atoms with Crippen LogP contribution in [-0.2, 0) is 23.9 Å². The average Bonchev–Trinajstić information content (AvgIpc) is 2.57. The number of rotatable bonds is 9. The van der Waals surface area contributed by atoms with Gasteiger partial charge in [0.1, 0.15) is 9.98 Å². The first-order valence-electron chi connectivity index (χ1n) is 7.59. The lowest BCUT2D eigenvalue weighted by molar-refractivity contribution is -0.169. The fourth-order valence-electron chi connectivity index (χ4n) is 2.03. The molecule has 0 radical (unpaired) electrons. The van der Waals surface area contributed by atoms with Gasteiger partial charge in [-0.1, -0.05) is 0 Å². The van der Waals surface area contributed by atoms with Crippen molar-refractivity contribution < 1.29 is 29.0 Å². The smallest absolute Gasteiger partial charge is 0.336 e. The second kappa shape index (κ2) is 10.7. The van der Waals surface area contributed by atoms with Crippen LogP contribution in [0.2, 0.25) is 0 Å². The SMILES string of the molecule is CCOC(=O)[C@@H](NC=O)[C@](C)(O)[C@@](C)(N=C(SC)SC)C(=O)OCC. The number of amides is 1. The lowest BCUT2D eigenvalue weighted by Crippen LogP contribution is -2.67. The molecule has 25 heavy (non-hydrogen) atoms. The number of carbonyl (C=O) groups is 3. The van der Waals surface area contributed by atoms with Crippen molar-refractivity contribution in [2.24, 2.45) is 4.99 Å². The Morgan fingerprint density at radius 2 is 1.72 bits per heavy atom. The minimum atomic E-state index is -2.11. The number of ether oxygens (including phenoxy) is 2. The molecular weight excluding hydrogens is 368 g/mol. The first kappa shape index (κ1) is 23.7. The third kappa shape index (κ3) is 5.61. The third-order valence-electron chi connectivity index (χ3n) is 3.64. The van der Waals surface area contributed by atoms with Crippen LogP contribution in [0.1, 0.15) is 27.7 Å². The zero-order valence-electron chi connectivity index (χ0n) is 15.3. The molecule has 2 N–H and O–H groups in total. The number of esters is 2. The highest BCUT2D eigenvalue weighted by Crippen LogP contribution is 2.34. The minimum Gasteiger partial charge on any atom is -0.464 e. The molecule has 0 saturated carbocycles. The summed E-state index contributed by atoms with van der Waals surface area (Å²) in [6.07, 6.45) is 3.79. The van der Waals surface area contributed by atoms with E-state index in [1.165, 1.54) is 37.4 Å². The topological polar surface area (TPSA) is 114 Å². The van der Waals surface area contributed by atoms with E-state index < -0.39 is 29.1 Å². The van der Waals surface area contributed by atoms with Gasteiger partial charge in [-0.2, -0.15) is 0 Å². The second-order valence-electron chi connectivity index (χ2n) is 5.20. The molecule has 0 aromatic rings. The molecule has 0 unspecified atom stereocenters. The molecule has 0 aliphatic rings. The molecule has 0 aliphatic heterocycles. The predicted octanol–water partition coefficient (Wildman–Crippen LogP) is 0.819. The van der Waals surface area contributed by atoms with Gasteiger partial charge >= 0.3 is 11.9 Å². The Hall–Kier alpha value is -1.26. The molecule has 8 nitrogen and oxygen atoms in total. The van der Waals surface area contributed by atoms with Gasteiger partial charge in [0.2, 0.25) is 6.41 Å². The molecule has 1 amide bonds. The number of nitrogens with one attached hydrogen (secondary N) is 1. The Morgan fingerprint density at radius 1 is 1.20 bits per heavy atom. The van der Waals surface area contributed by atoms with E-state index in [4.69, 9.17) is 9.47 Å². The summed E-state index contributed by atoms with van der Waals surface area (Å²) in [5, 5.41) is 13.3. The zero-order valence-corrected chi connectivity index (χ0v) is 17.0. The molecule has 0 rings (SSSR count). The number of hydrogen-bond acceptors (Lipinski definition) is 9. The molecule has 0 saturated heterocycles. The van der Waals surface area contributed by atoms with E-state index in [0.29, 0.717) is 4.38 Å². The Kier molecular flexibility index (Phi) is 10.1. The Balaban J connectivity index is 6.25. The quantitative estimate of drug-likeness (QED) is 0.256. The predicted molar refractivity (Wildman–Crippen MR) is 99.7 cm³/mol. The summed E-state index contributed by atoms with van der Waals surface area (Å²) in [5.74, 6) is -1.69. The molecule has 0 aromatic heterocycles. The third-order valence-corrected chi connectivity index (χ3v) is 5.52. The zero-order chi connectivity index (χ0) is 19.7. The van der Waals surface area contributed by atoms with Gasteiger partial charge in [0, 0.05) is 0 Å². The average molecular weight is 395 g/mol. The summed E-state index contributed by atoms with van der Waals surface area (Å²) in [6, 6.07) is -1.51. The van der Waals surface area contributed by atoms with Crippen LogP contribution in [0.3, 0.4) is 0 Å². The summed E-state index contributed by atoms with van der Waals surface area (Å²) in [6.45, 7) is 5.92. The summed E-state index contributed by atoms with van der Waals surface area (Å²) < 4.78 is 10.5. The molecule has 0 heterocycles. The number of hydrogen-bond donors (Lipinski definition) is 2. The summed E-state index contributed by atoms with van der Waals surface area (Å²) >= 11 is 2.56. The number of aliphatic hydroxyl groups is 1. The van der Waals surface area contributed by atoms with Gasteiger partial charge < -0.3 is 19.9 Å². The molecular formula is C15H26N2O6S2. The highest BCUT2D eigenvalue weighted by atomic mass is 32.2. The van der Waals surface area contributed by atoms with Crippen LogP contribution < -0.4 is 5.32 Å². The van der Waals surface area contributed by atoms with Crippen molar-refractivity contribution in [3.8, 4) is 0 Å². The van der Waals surface area contributed by atoms with Crippen LogP contribution in [0.25, 0.3) is 0 Å². The number of nitrogens with zero attached hydrogens (tertiary/aromatic N) is 1. The highest BCUT2D eigenvalue weighted by Gasteiger charge is 2.58. The Morgan fingerprint density at radius 3 is 2.12 bits per heavy atom. The van der Waals surface area contributed by atoms with Crippen LogP contribution in [0.15, 0.2) is 4.99 Å². The normalized spacial score (nSPS) is 16.6. The summed E-state index contributed by atoms with van der Waals surface area (Å²) in [4.78, 5) is 40.1. The van der Waals surface area contributed by atoms with Gasteiger partial charge in [0.05, 0.1) is 13.2 Å². The maximum atomic E-state index is 12.6. The number of thioether (sulfide) groups is 2. The molecule has 0 spiro atoms. The van der Waals surface area contributed by atoms with E-state index in [-0.39, 0.29) is 19.6 Å². The molecule has 144 valence electrons. The van der Waals surface area contributed by atoms with Gasteiger partial charge in [-0.15, -0.1) is 23.5 Å². The van der Waals surface area contributed by atoms with Gasteiger partial charge in [-0.3, -0.25) is 9.79 Å². The lowest BCUT2D eigenvalue weighted by atomic mass is 9.77. The monoisotopic (exact) mass is 394 g/mol. The molecule has 0 aliphatic carbocycles. The Labute approximate surface area is 156 Å². The van der Waals surface area contributed by atoms with Crippen LogP contribution in [0.5, 0.6) is 0 Å². The van der Waals surface area contributed by atoms with Crippen molar-refractivity contribution in [2.45, 2.75) is 44.9 Å². The van der Waals surface area contributed by atoms with Crippen molar-refractivity contribution in [3.05, 3.63) is 0 Å². The standard InChI is InChI=1S/C15H26N2O6S2/c1-7-22-11(19)10(16-9-18)15(4,21)14(3,12(20)23-8-2)17-13(24-5)25-6/h9-10,21H,7-8H2,1-6H3,(H,16,18)/t10-,14+,15+/m1/s1. The summed E-state index contributed by atoms with van der Waals surface area (Å²) in [5.41, 5.74) is -3.96. The van der Waals surface area contributed by atoms with Gasteiger partial charge in [0.15, 0.2) is 11.6 Å². The first-order chi connectivity index (χ1) is 11.7. The Bertz CT molecular complexity index is 506. The van der Waals surface area contributed by atoms with Crippen LogP contribution in [-0.4, -0.2) is 70.7 Å². The molecule has 0 fully saturated rings.